The number of hydrogen-bond donors (Lipinski definition) is 2. The second-order valence-corrected chi connectivity index (χ2v) is 5.82. The number of rotatable bonds is 4. The van der Waals surface area contributed by atoms with Crippen LogP contribution in [-0.4, -0.2) is 17.2 Å². The van der Waals surface area contributed by atoms with Crippen LogP contribution in [0.2, 0.25) is 0 Å². The number of ether oxygens (including phenoxy) is 1. The van der Waals surface area contributed by atoms with Crippen molar-refractivity contribution in [2.24, 2.45) is 0 Å². The maximum atomic E-state index is 12.1. The highest BCUT2D eigenvalue weighted by Gasteiger charge is 2.21. The van der Waals surface area contributed by atoms with Crippen LogP contribution >= 0.6 is 0 Å². The number of benzene rings is 2. The topological polar surface area (TPSA) is 75.6 Å². The van der Waals surface area contributed by atoms with Crippen LogP contribution in [0.1, 0.15) is 39.9 Å². The Hall–Kier alpha value is -2.82. The van der Waals surface area contributed by atoms with Crippen molar-refractivity contribution in [1.29, 1.82) is 0 Å². The zero-order valence-electron chi connectivity index (χ0n) is 13.2. The Bertz CT molecular complexity index is 755. The van der Waals surface area contributed by atoms with E-state index in [4.69, 9.17) is 4.74 Å². The predicted molar refractivity (Wildman–Crippen MR) is 90.3 cm³/mol. The number of hydrogen-bond acceptors (Lipinski definition) is 3. The molecule has 0 fully saturated rings. The lowest BCUT2D eigenvalue weighted by molar-refractivity contribution is 0.0698. The van der Waals surface area contributed by atoms with E-state index < -0.39 is 12.1 Å². The van der Waals surface area contributed by atoms with Gasteiger partial charge < -0.3 is 9.84 Å². The Labute approximate surface area is 140 Å². The van der Waals surface area contributed by atoms with Crippen molar-refractivity contribution < 1.29 is 19.4 Å². The van der Waals surface area contributed by atoms with Gasteiger partial charge in [-0.1, -0.05) is 36.4 Å². The van der Waals surface area contributed by atoms with Gasteiger partial charge in [0.2, 0.25) is 0 Å². The number of nitrogens with one attached hydrogen (secondary N) is 1. The van der Waals surface area contributed by atoms with Crippen molar-refractivity contribution in [2.75, 3.05) is 5.32 Å². The quantitative estimate of drug-likeness (QED) is 0.890. The van der Waals surface area contributed by atoms with Crippen molar-refractivity contribution in [3.63, 3.8) is 0 Å². The molecule has 0 spiro atoms. The summed E-state index contributed by atoms with van der Waals surface area (Å²) in [5.41, 5.74) is 3.37. The highest BCUT2D eigenvalue weighted by atomic mass is 16.5. The fraction of sp³-hybridized carbons (Fsp3) is 0.263. The largest absolute Gasteiger partial charge is 0.478 e. The molecule has 1 amide bonds. The second kappa shape index (κ2) is 7.17. The maximum absolute atomic E-state index is 12.1. The molecular formula is C19H19NO4. The van der Waals surface area contributed by atoms with Crippen LogP contribution in [-0.2, 0) is 24.2 Å². The Morgan fingerprint density at radius 2 is 1.79 bits per heavy atom. The minimum atomic E-state index is -1.05. The van der Waals surface area contributed by atoms with E-state index in [1.165, 1.54) is 0 Å². The molecule has 0 radical (unpaired) electrons. The normalized spacial score (nSPS) is 13.0. The molecular weight excluding hydrogens is 306 g/mol. The molecule has 1 aliphatic rings. The number of carboxylic acids is 1. The summed E-state index contributed by atoms with van der Waals surface area (Å²) in [7, 11) is 0. The molecule has 5 heteroatoms. The number of fused-ring (bicyclic) bond motifs is 1. The lowest BCUT2D eigenvalue weighted by Gasteiger charge is -2.21. The summed E-state index contributed by atoms with van der Waals surface area (Å²) < 4.78 is 5.21. The summed E-state index contributed by atoms with van der Waals surface area (Å²) in [6.45, 7) is 0.143. The number of anilines is 1. The minimum Gasteiger partial charge on any atom is -0.478 e. The van der Waals surface area contributed by atoms with E-state index in [1.807, 2.05) is 36.4 Å². The first kappa shape index (κ1) is 16.1. The smallest absolute Gasteiger partial charge is 0.411 e. The zero-order valence-corrected chi connectivity index (χ0v) is 13.2. The van der Waals surface area contributed by atoms with Gasteiger partial charge in [0, 0.05) is 0 Å². The van der Waals surface area contributed by atoms with Crippen LogP contribution in [0.3, 0.4) is 0 Å². The van der Waals surface area contributed by atoms with Gasteiger partial charge in [0.15, 0.2) is 0 Å². The molecule has 0 heterocycles. The number of carbonyl (C=O) groups excluding carboxylic acids is 1. The van der Waals surface area contributed by atoms with E-state index in [-0.39, 0.29) is 12.2 Å². The summed E-state index contributed by atoms with van der Waals surface area (Å²) in [5, 5.41) is 12.0. The molecule has 24 heavy (non-hydrogen) atoms. The first-order chi connectivity index (χ1) is 11.6. The molecule has 0 aliphatic heterocycles. The molecule has 2 N–H and O–H groups in total. The summed E-state index contributed by atoms with van der Waals surface area (Å²) in [6, 6.07) is 12.7. The summed E-state index contributed by atoms with van der Waals surface area (Å²) in [4.78, 5) is 23.6. The third-order valence-corrected chi connectivity index (χ3v) is 4.20. The molecule has 0 atom stereocenters. The molecule has 5 nitrogen and oxygen atoms in total. The maximum Gasteiger partial charge on any atom is 0.411 e. The van der Waals surface area contributed by atoms with Crippen molar-refractivity contribution in [1.82, 2.24) is 0 Å². The SMILES string of the molecule is O=C(Nc1c(C(=O)O)ccc2c1CCCC2)OCc1ccccc1. The molecule has 0 bridgehead atoms. The van der Waals surface area contributed by atoms with Gasteiger partial charge in [-0.25, -0.2) is 9.59 Å². The van der Waals surface area contributed by atoms with Crippen LogP contribution in [0.5, 0.6) is 0 Å². The fourth-order valence-electron chi connectivity index (χ4n) is 3.01. The van der Waals surface area contributed by atoms with Crippen LogP contribution < -0.4 is 5.32 Å². The van der Waals surface area contributed by atoms with Gasteiger partial charge in [-0.2, -0.15) is 0 Å². The molecule has 124 valence electrons. The van der Waals surface area contributed by atoms with Crippen LogP contribution in [0.15, 0.2) is 42.5 Å². The molecule has 3 rings (SSSR count). The highest BCUT2D eigenvalue weighted by Crippen LogP contribution is 2.31. The Kier molecular flexibility index (Phi) is 4.79. The van der Waals surface area contributed by atoms with Gasteiger partial charge in [0.05, 0.1) is 11.3 Å². The molecule has 2 aromatic carbocycles. The minimum absolute atomic E-state index is 0.104. The van der Waals surface area contributed by atoms with E-state index in [0.29, 0.717) is 5.69 Å². The van der Waals surface area contributed by atoms with Gasteiger partial charge in [0.1, 0.15) is 6.61 Å². The molecule has 0 unspecified atom stereocenters. The first-order valence-electron chi connectivity index (χ1n) is 8.01. The lowest BCUT2D eigenvalue weighted by Crippen LogP contribution is -2.19. The molecule has 0 aromatic heterocycles. The number of carboxylic acid groups (broad SMARTS) is 1. The van der Waals surface area contributed by atoms with E-state index in [2.05, 4.69) is 5.32 Å². The Morgan fingerprint density at radius 1 is 1.04 bits per heavy atom. The number of aromatic carboxylic acids is 1. The van der Waals surface area contributed by atoms with E-state index in [9.17, 15) is 14.7 Å². The monoisotopic (exact) mass is 325 g/mol. The molecule has 2 aromatic rings. The third-order valence-electron chi connectivity index (χ3n) is 4.20. The number of aryl methyl sites for hydroxylation is 1. The predicted octanol–water partition coefficient (Wildman–Crippen LogP) is 4.01. The Morgan fingerprint density at radius 3 is 2.54 bits per heavy atom. The van der Waals surface area contributed by atoms with E-state index in [1.54, 1.807) is 6.07 Å². The van der Waals surface area contributed by atoms with E-state index >= 15 is 0 Å². The number of amides is 1. The Balaban J connectivity index is 1.78. The summed E-state index contributed by atoms with van der Waals surface area (Å²) in [5.74, 6) is -1.05. The average molecular weight is 325 g/mol. The van der Waals surface area contributed by atoms with Gasteiger partial charge in [-0.05, 0) is 48.4 Å². The van der Waals surface area contributed by atoms with Crippen LogP contribution in [0, 0.1) is 0 Å². The van der Waals surface area contributed by atoms with Gasteiger partial charge in [0.25, 0.3) is 0 Å². The summed E-state index contributed by atoms with van der Waals surface area (Å²) >= 11 is 0. The van der Waals surface area contributed by atoms with E-state index in [0.717, 1.165) is 42.4 Å². The highest BCUT2D eigenvalue weighted by molar-refractivity contribution is 6.00. The lowest BCUT2D eigenvalue weighted by atomic mass is 9.88. The molecule has 0 saturated heterocycles. The number of carbonyl (C=O) groups is 2. The van der Waals surface area contributed by atoms with Gasteiger partial charge in [-0.3, -0.25) is 5.32 Å². The first-order valence-corrected chi connectivity index (χ1v) is 8.01. The second-order valence-electron chi connectivity index (χ2n) is 5.82. The van der Waals surface area contributed by atoms with Crippen LogP contribution in [0.4, 0.5) is 10.5 Å². The average Bonchev–Trinajstić information content (AvgIpc) is 2.61. The summed E-state index contributed by atoms with van der Waals surface area (Å²) in [6.07, 6.45) is 3.11. The zero-order chi connectivity index (χ0) is 16.9. The van der Waals surface area contributed by atoms with Crippen LogP contribution in [0.25, 0.3) is 0 Å². The van der Waals surface area contributed by atoms with Crippen molar-refractivity contribution in [2.45, 2.75) is 32.3 Å². The van der Waals surface area contributed by atoms with Crippen molar-refractivity contribution in [3.8, 4) is 0 Å². The fourth-order valence-corrected chi connectivity index (χ4v) is 3.01. The molecule has 1 aliphatic carbocycles. The van der Waals surface area contributed by atoms with Crippen molar-refractivity contribution in [3.05, 3.63) is 64.7 Å². The van der Waals surface area contributed by atoms with Crippen molar-refractivity contribution >= 4 is 17.7 Å². The van der Waals surface area contributed by atoms with Gasteiger partial charge >= 0.3 is 12.1 Å². The van der Waals surface area contributed by atoms with Gasteiger partial charge in [-0.15, -0.1) is 0 Å². The molecule has 0 saturated carbocycles. The standard InChI is InChI=1S/C19H19NO4/c21-18(22)16-11-10-14-8-4-5-9-15(14)17(16)20-19(23)24-12-13-6-2-1-3-7-13/h1-3,6-7,10-11H,4-5,8-9,12H2,(H,20,23)(H,21,22). The third kappa shape index (κ3) is 3.56.